The van der Waals surface area contributed by atoms with Gasteiger partial charge in [0.25, 0.3) is 0 Å². The minimum Gasteiger partial charge on any atom is -0.494 e. The summed E-state index contributed by atoms with van der Waals surface area (Å²) in [4.78, 5) is 4.50. The topological polar surface area (TPSA) is 129 Å². The van der Waals surface area contributed by atoms with Gasteiger partial charge in [-0.2, -0.15) is 0 Å². The molecule has 0 aliphatic carbocycles. The summed E-state index contributed by atoms with van der Waals surface area (Å²) in [7, 11) is -2.00. The van der Waals surface area contributed by atoms with E-state index in [0.717, 1.165) is 16.4 Å². The fourth-order valence-corrected chi connectivity index (χ4v) is 7.27. The van der Waals surface area contributed by atoms with Gasteiger partial charge in [-0.15, -0.1) is 10.2 Å². The first-order valence-electron chi connectivity index (χ1n) is 14.1. The summed E-state index contributed by atoms with van der Waals surface area (Å²) in [6, 6.07) is 13.2. The van der Waals surface area contributed by atoms with Crippen molar-refractivity contribution in [3.63, 3.8) is 0 Å². The Kier molecular flexibility index (Phi) is 10.1. The van der Waals surface area contributed by atoms with Crippen molar-refractivity contribution in [2.24, 2.45) is 0 Å². The van der Waals surface area contributed by atoms with Crippen LogP contribution in [0.5, 0.6) is 17.4 Å². The van der Waals surface area contributed by atoms with Crippen LogP contribution in [0.2, 0.25) is 25.7 Å². The van der Waals surface area contributed by atoms with Gasteiger partial charge in [-0.25, -0.2) is 26.5 Å². The Balaban J connectivity index is 2.00. The number of ether oxygens (including phenoxy) is 3. The van der Waals surface area contributed by atoms with Gasteiger partial charge in [0, 0.05) is 32.3 Å². The predicted octanol–water partition coefficient (Wildman–Crippen LogP) is 5.23. The molecule has 2 atom stereocenters. The molecule has 0 aliphatic rings. The number of aliphatic hydroxyl groups is 1. The number of halogens is 2. The molecule has 0 aliphatic heterocycles. The number of aliphatic hydroxyl groups excluding tert-OH is 1. The number of rotatable bonds is 13. The molecule has 4 rings (SSSR count). The van der Waals surface area contributed by atoms with E-state index in [4.69, 9.17) is 14.2 Å². The monoisotopic (exact) mass is 661 g/mol. The maximum atomic E-state index is 14.7. The van der Waals surface area contributed by atoms with Crippen molar-refractivity contribution in [3.05, 3.63) is 71.8 Å². The second-order valence-corrected chi connectivity index (χ2v) is 19.3. The molecule has 2 aromatic heterocycles. The molecule has 0 amide bonds. The zero-order chi connectivity index (χ0) is 33.1. The van der Waals surface area contributed by atoms with E-state index in [1.165, 1.54) is 32.8 Å². The van der Waals surface area contributed by atoms with Gasteiger partial charge >= 0.3 is 0 Å². The molecule has 0 bridgehead atoms. The molecule has 1 N–H and O–H groups in total. The summed E-state index contributed by atoms with van der Waals surface area (Å²) < 4.78 is 76.5. The third kappa shape index (κ3) is 7.10. The average Bonchev–Trinajstić information content (AvgIpc) is 3.43. The first kappa shape index (κ1) is 33.8. The highest BCUT2D eigenvalue weighted by Crippen LogP contribution is 2.40. The van der Waals surface area contributed by atoms with Gasteiger partial charge in [0.15, 0.2) is 5.82 Å². The van der Waals surface area contributed by atoms with Gasteiger partial charge in [-0.05, 0) is 37.2 Å². The highest BCUT2D eigenvalue weighted by Gasteiger charge is 2.40. The smallest absolute Gasteiger partial charge is 0.246 e. The SMILES string of the molecule is COc1cccc(-c2nnc(N(CC[Si](C)(C)C)S(=O)(=O)[C@H](C)[C@H](O)c3ccc(F)cc3F)n2-c2c(OC)cccc2OC)n1. The Bertz CT molecular complexity index is 1740. The van der Waals surface area contributed by atoms with E-state index in [1.807, 2.05) is 0 Å². The van der Waals surface area contributed by atoms with Crippen molar-refractivity contribution >= 4 is 24.0 Å². The highest BCUT2D eigenvalue weighted by atomic mass is 32.2. The number of benzene rings is 2. The molecule has 0 saturated heterocycles. The molecule has 11 nitrogen and oxygen atoms in total. The molecule has 4 aromatic rings. The van der Waals surface area contributed by atoms with Gasteiger partial charge in [-0.1, -0.05) is 37.8 Å². The van der Waals surface area contributed by atoms with E-state index >= 15 is 0 Å². The van der Waals surface area contributed by atoms with E-state index in [2.05, 4.69) is 34.8 Å². The lowest BCUT2D eigenvalue weighted by Gasteiger charge is -2.31. The van der Waals surface area contributed by atoms with Gasteiger partial charge in [0.1, 0.15) is 45.9 Å². The molecule has 242 valence electrons. The Morgan fingerprint density at radius 2 is 1.60 bits per heavy atom. The summed E-state index contributed by atoms with van der Waals surface area (Å²) >= 11 is 0. The lowest BCUT2D eigenvalue weighted by molar-refractivity contribution is 0.171. The van der Waals surface area contributed by atoms with Crippen LogP contribution >= 0.6 is 0 Å². The van der Waals surface area contributed by atoms with Gasteiger partial charge in [-0.3, -0.25) is 4.57 Å². The van der Waals surface area contributed by atoms with E-state index in [9.17, 15) is 22.3 Å². The lowest BCUT2D eigenvalue weighted by Crippen LogP contribution is -2.44. The number of para-hydroxylation sites is 1. The molecular weight excluding hydrogens is 625 g/mol. The molecule has 0 spiro atoms. The second kappa shape index (κ2) is 13.5. The van der Waals surface area contributed by atoms with Crippen LogP contribution in [0.15, 0.2) is 54.6 Å². The van der Waals surface area contributed by atoms with Gasteiger partial charge in [0.05, 0.1) is 21.3 Å². The zero-order valence-corrected chi connectivity index (χ0v) is 28.0. The standard InChI is InChI=1S/C30H37F2N5O6SSi/c1-19(28(38)21-15-14-20(31)18-22(21)32)44(39,40)36(16-17-45(5,6)7)30-35-34-29(23-10-8-13-26(33-23)43-4)37(30)27-24(41-2)11-9-12-25(27)42-3/h8-15,18-19,28,38H,16-17H2,1-7H3/t19-,28+/m1/s1. The quantitative estimate of drug-likeness (QED) is 0.192. The summed E-state index contributed by atoms with van der Waals surface area (Å²) in [5, 5.41) is 18.3. The molecule has 45 heavy (non-hydrogen) atoms. The fraction of sp³-hybridized carbons (Fsp3) is 0.367. The van der Waals surface area contributed by atoms with E-state index < -0.39 is 41.1 Å². The molecule has 0 fully saturated rings. The Morgan fingerprint density at radius 3 is 2.18 bits per heavy atom. The van der Waals surface area contributed by atoms with Crippen molar-refractivity contribution in [1.82, 2.24) is 19.7 Å². The number of anilines is 1. The minimum atomic E-state index is -4.51. The van der Waals surface area contributed by atoms with Crippen molar-refractivity contribution in [1.29, 1.82) is 0 Å². The number of nitrogens with zero attached hydrogens (tertiary/aromatic N) is 5. The van der Waals surface area contributed by atoms with Crippen LogP contribution in [0.3, 0.4) is 0 Å². The van der Waals surface area contributed by atoms with Crippen molar-refractivity contribution in [2.75, 3.05) is 32.2 Å². The van der Waals surface area contributed by atoms with E-state index in [-0.39, 0.29) is 29.8 Å². The molecule has 2 aromatic carbocycles. The number of sulfonamides is 1. The summed E-state index contributed by atoms with van der Waals surface area (Å²) in [6.07, 6.45) is -1.83. The molecular formula is C30H37F2N5O6SSi. The van der Waals surface area contributed by atoms with E-state index in [0.29, 0.717) is 35.0 Å². The lowest BCUT2D eigenvalue weighted by atomic mass is 10.1. The fourth-order valence-electron chi connectivity index (χ4n) is 4.65. The summed E-state index contributed by atoms with van der Waals surface area (Å²) in [5.74, 6) is -0.962. The maximum absolute atomic E-state index is 14.7. The number of hydrogen-bond donors (Lipinski definition) is 1. The number of pyridine rings is 1. The number of aromatic nitrogens is 4. The van der Waals surface area contributed by atoms with Gasteiger partial charge in [0.2, 0.25) is 21.9 Å². The Morgan fingerprint density at radius 1 is 0.956 bits per heavy atom. The normalized spacial score (nSPS) is 13.3. The molecule has 15 heteroatoms. The van der Waals surface area contributed by atoms with Crippen molar-refractivity contribution < 1.29 is 36.5 Å². The first-order chi connectivity index (χ1) is 21.2. The van der Waals surface area contributed by atoms with Gasteiger partial charge < -0.3 is 19.3 Å². The van der Waals surface area contributed by atoms with Crippen molar-refractivity contribution in [3.8, 4) is 34.6 Å². The molecule has 2 heterocycles. The van der Waals surface area contributed by atoms with Crippen LogP contribution in [0.4, 0.5) is 14.7 Å². The first-order valence-corrected chi connectivity index (χ1v) is 19.3. The molecule has 0 unspecified atom stereocenters. The maximum Gasteiger partial charge on any atom is 0.246 e. The van der Waals surface area contributed by atoms with Crippen LogP contribution in [0.1, 0.15) is 18.6 Å². The van der Waals surface area contributed by atoms with Crippen molar-refractivity contribution in [2.45, 2.75) is 44.0 Å². The largest absolute Gasteiger partial charge is 0.494 e. The number of methoxy groups -OCH3 is 3. The Labute approximate surface area is 262 Å². The third-order valence-electron chi connectivity index (χ3n) is 7.22. The summed E-state index contributed by atoms with van der Waals surface area (Å²) in [6.45, 7) is 7.50. The average molecular weight is 662 g/mol. The van der Waals surface area contributed by atoms with Crippen LogP contribution < -0.4 is 18.5 Å². The van der Waals surface area contributed by atoms with Crippen LogP contribution in [0, 0.1) is 11.6 Å². The minimum absolute atomic E-state index is 0.0256. The third-order valence-corrected chi connectivity index (χ3v) is 11.1. The molecule has 0 radical (unpaired) electrons. The highest BCUT2D eigenvalue weighted by molar-refractivity contribution is 7.93. The van der Waals surface area contributed by atoms with Crippen LogP contribution in [-0.2, 0) is 10.0 Å². The molecule has 0 saturated carbocycles. The predicted molar refractivity (Wildman–Crippen MR) is 169 cm³/mol. The Hall–Kier alpha value is -4.08. The van der Waals surface area contributed by atoms with E-state index in [1.54, 1.807) is 36.4 Å². The zero-order valence-electron chi connectivity index (χ0n) is 26.2. The second-order valence-electron chi connectivity index (χ2n) is 11.5. The van der Waals surface area contributed by atoms with Crippen LogP contribution in [0.25, 0.3) is 17.2 Å². The van der Waals surface area contributed by atoms with Crippen LogP contribution in [-0.4, -0.2) is 74.5 Å². The summed E-state index contributed by atoms with van der Waals surface area (Å²) in [5.41, 5.74) is 0.255. The number of hydrogen-bond acceptors (Lipinski definition) is 9.